The molecule has 20 heavy (non-hydrogen) atoms. The van der Waals surface area contributed by atoms with Gasteiger partial charge >= 0.3 is 0 Å². The number of hydrogen-bond donors (Lipinski definition) is 0. The van der Waals surface area contributed by atoms with Crippen molar-refractivity contribution in [1.29, 1.82) is 0 Å². The SMILES string of the molecule is COc1ccc(OC)c(C(Cl)c2ccccc2OC)c1. The van der Waals surface area contributed by atoms with Gasteiger partial charge in [0.25, 0.3) is 0 Å². The molecule has 0 saturated carbocycles. The van der Waals surface area contributed by atoms with E-state index < -0.39 is 0 Å². The molecular weight excluding hydrogens is 276 g/mol. The molecule has 0 saturated heterocycles. The molecule has 0 aliphatic rings. The minimum Gasteiger partial charge on any atom is -0.497 e. The van der Waals surface area contributed by atoms with Gasteiger partial charge in [0.2, 0.25) is 0 Å². The van der Waals surface area contributed by atoms with Crippen molar-refractivity contribution < 1.29 is 14.2 Å². The van der Waals surface area contributed by atoms with Crippen LogP contribution in [0.25, 0.3) is 0 Å². The lowest BCUT2D eigenvalue weighted by molar-refractivity contribution is 0.397. The van der Waals surface area contributed by atoms with Gasteiger partial charge in [0.15, 0.2) is 0 Å². The number of halogens is 1. The zero-order chi connectivity index (χ0) is 14.5. The lowest BCUT2D eigenvalue weighted by atomic mass is 10.0. The molecule has 0 spiro atoms. The van der Waals surface area contributed by atoms with Crippen LogP contribution >= 0.6 is 11.6 Å². The number of alkyl halides is 1. The van der Waals surface area contributed by atoms with E-state index >= 15 is 0 Å². The van der Waals surface area contributed by atoms with E-state index in [2.05, 4.69) is 0 Å². The van der Waals surface area contributed by atoms with Gasteiger partial charge in [-0.25, -0.2) is 0 Å². The maximum Gasteiger partial charge on any atom is 0.124 e. The molecule has 4 heteroatoms. The fourth-order valence-corrected chi connectivity index (χ4v) is 2.43. The summed E-state index contributed by atoms with van der Waals surface area (Å²) in [7, 11) is 4.88. The summed E-state index contributed by atoms with van der Waals surface area (Å²) in [6.45, 7) is 0. The highest BCUT2D eigenvalue weighted by Gasteiger charge is 2.19. The minimum atomic E-state index is -0.379. The van der Waals surface area contributed by atoms with E-state index in [0.717, 1.165) is 28.4 Å². The monoisotopic (exact) mass is 292 g/mol. The maximum absolute atomic E-state index is 6.61. The van der Waals surface area contributed by atoms with Crippen LogP contribution in [0, 0.1) is 0 Å². The average Bonchev–Trinajstić information content (AvgIpc) is 2.53. The maximum atomic E-state index is 6.61. The normalized spacial score (nSPS) is 11.8. The topological polar surface area (TPSA) is 27.7 Å². The number of methoxy groups -OCH3 is 3. The van der Waals surface area contributed by atoms with Gasteiger partial charge in [-0.3, -0.25) is 0 Å². The van der Waals surface area contributed by atoms with E-state index in [-0.39, 0.29) is 5.38 Å². The van der Waals surface area contributed by atoms with E-state index in [0.29, 0.717) is 0 Å². The zero-order valence-electron chi connectivity index (χ0n) is 11.7. The van der Waals surface area contributed by atoms with Crippen molar-refractivity contribution in [3.63, 3.8) is 0 Å². The van der Waals surface area contributed by atoms with Crippen LogP contribution in [-0.2, 0) is 0 Å². The number of ether oxygens (including phenoxy) is 3. The molecule has 3 nitrogen and oxygen atoms in total. The Morgan fingerprint density at radius 1 is 0.800 bits per heavy atom. The summed E-state index contributed by atoms with van der Waals surface area (Å²) < 4.78 is 16.0. The second-order valence-electron chi connectivity index (χ2n) is 4.21. The Bertz CT molecular complexity index is 584. The number of rotatable bonds is 5. The van der Waals surface area contributed by atoms with Gasteiger partial charge in [0.1, 0.15) is 17.2 Å². The van der Waals surface area contributed by atoms with Crippen LogP contribution in [-0.4, -0.2) is 21.3 Å². The average molecular weight is 293 g/mol. The van der Waals surface area contributed by atoms with Crippen molar-refractivity contribution in [2.75, 3.05) is 21.3 Å². The van der Waals surface area contributed by atoms with E-state index in [1.807, 2.05) is 42.5 Å². The molecule has 1 atom stereocenters. The van der Waals surface area contributed by atoms with Crippen LogP contribution < -0.4 is 14.2 Å². The van der Waals surface area contributed by atoms with Gasteiger partial charge in [-0.15, -0.1) is 11.6 Å². The van der Waals surface area contributed by atoms with Crippen LogP contribution in [0.5, 0.6) is 17.2 Å². The van der Waals surface area contributed by atoms with E-state index in [1.165, 1.54) is 0 Å². The van der Waals surface area contributed by atoms with Crippen molar-refractivity contribution >= 4 is 11.6 Å². The molecule has 0 amide bonds. The van der Waals surface area contributed by atoms with Crippen LogP contribution in [0.1, 0.15) is 16.5 Å². The van der Waals surface area contributed by atoms with Crippen molar-refractivity contribution in [3.8, 4) is 17.2 Å². The predicted molar refractivity (Wildman–Crippen MR) is 80.2 cm³/mol. The van der Waals surface area contributed by atoms with Crippen LogP contribution in [0.15, 0.2) is 42.5 Å². The van der Waals surface area contributed by atoms with Crippen molar-refractivity contribution in [2.24, 2.45) is 0 Å². The second-order valence-corrected chi connectivity index (χ2v) is 4.65. The van der Waals surface area contributed by atoms with E-state index in [1.54, 1.807) is 21.3 Å². The summed E-state index contributed by atoms with van der Waals surface area (Å²) in [5.74, 6) is 2.20. The number of hydrogen-bond acceptors (Lipinski definition) is 3. The van der Waals surface area contributed by atoms with E-state index in [4.69, 9.17) is 25.8 Å². The third-order valence-electron chi connectivity index (χ3n) is 3.12. The van der Waals surface area contributed by atoms with Gasteiger partial charge in [-0.05, 0) is 24.3 Å². The Balaban J connectivity index is 2.49. The largest absolute Gasteiger partial charge is 0.497 e. The number of para-hydroxylation sites is 1. The Morgan fingerprint density at radius 3 is 2.10 bits per heavy atom. The minimum absolute atomic E-state index is 0.379. The molecule has 0 aliphatic carbocycles. The summed E-state index contributed by atoms with van der Waals surface area (Å²) in [5.41, 5.74) is 1.74. The molecule has 2 rings (SSSR count). The lowest BCUT2D eigenvalue weighted by Crippen LogP contribution is -2.00. The molecule has 0 aromatic heterocycles. The Labute approximate surface area is 124 Å². The summed E-state index contributed by atoms with van der Waals surface area (Å²) >= 11 is 6.61. The highest BCUT2D eigenvalue weighted by Crippen LogP contribution is 2.40. The first-order valence-electron chi connectivity index (χ1n) is 6.20. The van der Waals surface area contributed by atoms with Gasteiger partial charge in [-0.1, -0.05) is 18.2 Å². The lowest BCUT2D eigenvalue weighted by Gasteiger charge is -2.17. The Kier molecular flexibility index (Phi) is 4.74. The van der Waals surface area contributed by atoms with Crippen LogP contribution in [0.4, 0.5) is 0 Å². The molecule has 2 aromatic carbocycles. The van der Waals surface area contributed by atoms with Crippen molar-refractivity contribution in [1.82, 2.24) is 0 Å². The molecule has 2 aromatic rings. The highest BCUT2D eigenvalue weighted by atomic mass is 35.5. The first kappa shape index (κ1) is 14.5. The summed E-state index contributed by atoms with van der Waals surface area (Å²) in [6.07, 6.45) is 0. The van der Waals surface area contributed by atoms with Crippen LogP contribution in [0.2, 0.25) is 0 Å². The summed E-state index contributed by atoms with van der Waals surface area (Å²) in [4.78, 5) is 0. The molecule has 106 valence electrons. The molecular formula is C16H17ClO3. The van der Waals surface area contributed by atoms with Crippen molar-refractivity contribution in [3.05, 3.63) is 53.6 Å². The molecule has 0 radical (unpaired) electrons. The quantitative estimate of drug-likeness (QED) is 0.779. The molecule has 0 aliphatic heterocycles. The summed E-state index contributed by atoms with van der Waals surface area (Å²) in [5, 5.41) is -0.379. The van der Waals surface area contributed by atoms with Gasteiger partial charge in [0.05, 0.1) is 26.7 Å². The van der Waals surface area contributed by atoms with Gasteiger partial charge in [0, 0.05) is 11.1 Å². The van der Waals surface area contributed by atoms with Crippen molar-refractivity contribution in [2.45, 2.75) is 5.38 Å². The third kappa shape index (κ3) is 2.83. The standard InChI is InChI=1S/C16H17ClO3/c1-18-11-8-9-15(20-3)13(10-11)16(17)12-6-4-5-7-14(12)19-2/h4-10,16H,1-3H3. The fraction of sp³-hybridized carbons (Fsp3) is 0.250. The molecule has 0 bridgehead atoms. The number of benzene rings is 2. The van der Waals surface area contributed by atoms with E-state index in [9.17, 15) is 0 Å². The Morgan fingerprint density at radius 2 is 1.45 bits per heavy atom. The summed E-state index contributed by atoms with van der Waals surface area (Å²) in [6, 6.07) is 13.2. The fourth-order valence-electron chi connectivity index (χ4n) is 2.08. The highest BCUT2D eigenvalue weighted by molar-refractivity contribution is 6.23. The first-order valence-corrected chi connectivity index (χ1v) is 6.63. The van der Waals surface area contributed by atoms with Gasteiger partial charge in [-0.2, -0.15) is 0 Å². The molecule has 0 N–H and O–H groups in total. The Hall–Kier alpha value is -1.87. The molecule has 1 unspecified atom stereocenters. The smallest absolute Gasteiger partial charge is 0.124 e. The molecule has 0 fully saturated rings. The first-order chi connectivity index (χ1) is 9.71. The van der Waals surface area contributed by atoms with Crippen LogP contribution in [0.3, 0.4) is 0 Å². The second kappa shape index (κ2) is 6.53. The zero-order valence-corrected chi connectivity index (χ0v) is 12.5. The third-order valence-corrected chi connectivity index (χ3v) is 3.59. The molecule has 0 heterocycles. The predicted octanol–water partition coefficient (Wildman–Crippen LogP) is 4.04. The van der Waals surface area contributed by atoms with Gasteiger partial charge < -0.3 is 14.2 Å².